The van der Waals surface area contributed by atoms with E-state index in [0.717, 1.165) is 22.4 Å². The molecule has 0 spiro atoms. The van der Waals surface area contributed by atoms with Gasteiger partial charge in [0, 0.05) is 11.1 Å². The summed E-state index contributed by atoms with van der Waals surface area (Å²) in [6.45, 7) is 0. The van der Waals surface area contributed by atoms with Crippen LogP contribution in [0, 0.1) is 0 Å². The van der Waals surface area contributed by atoms with Gasteiger partial charge in [-0.15, -0.1) is 0 Å². The van der Waals surface area contributed by atoms with E-state index in [1.807, 2.05) is 103 Å². The number of methoxy groups -OCH3 is 1. The molecule has 0 atom stereocenters. The Morgan fingerprint density at radius 2 is 1.41 bits per heavy atom. The summed E-state index contributed by atoms with van der Waals surface area (Å²) in [5.74, 6) is 1.30. The van der Waals surface area contributed by atoms with Crippen LogP contribution in [0.15, 0.2) is 108 Å². The quantitative estimate of drug-likeness (QED) is 0.329. The normalized spacial score (nSPS) is 10.6. The Labute approximate surface area is 196 Å². The Morgan fingerprint density at radius 3 is 2.15 bits per heavy atom. The summed E-state index contributed by atoms with van der Waals surface area (Å²) >= 11 is 0. The summed E-state index contributed by atoms with van der Waals surface area (Å²) in [6.07, 6.45) is 0. The van der Waals surface area contributed by atoms with Gasteiger partial charge in [0.1, 0.15) is 5.75 Å². The third kappa shape index (κ3) is 4.42. The maximum absolute atomic E-state index is 12.9. The Hall–Kier alpha value is -4.71. The van der Waals surface area contributed by atoms with Crippen LogP contribution in [0.25, 0.3) is 34.0 Å². The van der Waals surface area contributed by atoms with Crippen LogP contribution in [0.1, 0.15) is 10.4 Å². The molecule has 166 valence electrons. The van der Waals surface area contributed by atoms with Gasteiger partial charge < -0.3 is 14.6 Å². The molecule has 5 aromatic rings. The predicted molar refractivity (Wildman–Crippen MR) is 132 cm³/mol. The number of para-hydroxylation sites is 1. The number of hydrogen-bond acceptors (Lipinski definition) is 5. The van der Waals surface area contributed by atoms with Crippen molar-refractivity contribution < 1.29 is 14.1 Å². The molecule has 0 bridgehead atoms. The Kier molecular flexibility index (Phi) is 5.86. The second-order valence-corrected chi connectivity index (χ2v) is 7.59. The van der Waals surface area contributed by atoms with Crippen LogP contribution < -0.4 is 10.1 Å². The van der Waals surface area contributed by atoms with E-state index in [9.17, 15) is 4.79 Å². The molecule has 4 aromatic carbocycles. The number of nitrogens with one attached hydrogen (secondary N) is 1. The van der Waals surface area contributed by atoms with Gasteiger partial charge in [-0.1, -0.05) is 59.8 Å². The molecular weight excluding hydrogens is 426 g/mol. The number of aromatic nitrogens is 2. The van der Waals surface area contributed by atoms with E-state index >= 15 is 0 Å². The fraction of sp³-hybridized carbons (Fsp3) is 0.0357. The van der Waals surface area contributed by atoms with Crippen molar-refractivity contribution in [2.75, 3.05) is 12.4 Å². The van der Waals surface area contributed by atoms with Gasteiger partial charge >= 0.3 is 0 Å². The summed E-state index contributed by atoms with van der Waals surface area (Å²) in [5, 5.41) is 7.06. The van der Waals surface area contributed by atoms with Gasteiger partial charge in [0.05, 0.1) is 18.4 Å². The third-order valence-corrected chi connectivity index (χ3v) is 5.43. The molecule has 0 aliphatic carbocycles. The monoisotopic (exact) mass is 447 g/mol. The molecule has 0 saturated heterocycles. The number of rotatable bonds is 6. The second kappa shape index (κ2) is 9.42. The minimum absolute atomic E-state index is 0.220. The van der Waals surface area contributed by atoms with E-state index in [1.165, 1.54) is 0 Å². The summed E-state index contributed by atoms with van der Waals surface area (Å²) in [5.41, 5.74) is 4.74. The highest BCUT2D eigenvalue weighted by Gasteiger charge is 2.16. The zero-order chi connectivity index (χ0) is 23.3. The van der Waals surface area contributed by atoms with Gasteiger partial charge in [-0.25, -0.2) is 0 Å². The van der Waals surface area contributed by atoms with Crippen LogP contribution >= 0.6 is 0 Å². The first-order valence-electron chi connectivity index (χ1n) is 10.8. The fourth-order valence-electron chi connectivity index (χ4n) is 3.61. The summed E-state index contributed by atoms with van der Waals surface area (Å²) in [6, 6.07) is 32.3. The number of carbonyl (C=O) groups excluding carboxylic acids is 1. The Bertz CT molecular complexity index is 1410. The van der Waals surface area contributed by atoms with Gasteiger partial charge in [0.25, 0.3) is 11.8 Å². The van der Waals surface area contributed by atoms with Gasteiger partial charge in [-0.05, 0) is 59.7 Å². The van der Waals surface area contributed by atoms with Crippen molar-refractivity contribution in [2.45, 2.75) is 0 Å². The van der Waals surface area contributed by atoms with Crippen LogP contribution in [0.4, 0.5) is 5.69 Å². The largest absolute Gasteiger partial charge is 0.497 e. The molecule has 1 aromatic heterocycles. The Morgan fingerprint density at radius 1 is 0.765 bits per heavy atom. The third-order valence-electron chi connectivity index (χ3n) is 5.43. The standard InChI is InChI=1S/C28H21N3O3/c1-33-23-17-15-21(16-18-23)26-30-28(34-31-26)24-9-5-6-10-25(24)29-27(32)22-13-11-20(12-14-22)19-7-3-2-4-8-19/h2-18H,1H3,(H,29,32). The highest BCUT2D eigenvalue weighted by molar-refractivity contribution is 6.06. The van der Waals surface area contributed by atoms with E-state index in [4.69, 9.17) is 9.26 Å². The second-order valence-electron chi connectivity index (χ2n) is 7.59. The maximum atomic E-state index is 12.9. The van der Waals surface area contributed by atoms with Crippen LogP contribution in [0.3, 0.4) is 0 Å². The molecule has 0 aliphatic rings. The number of anilines is 1. The lowest BCUT2D eigenvalue weighted by Crippen LogP contribution is -2.12. The number of carbonyl (C=O) groups is 1. The number of ether oxygens (including phenoxy) is 1. The van der Waals surface area contributed by atoms with Gasteiger partial charge in [0.15, 0.2) is 0 Å². The van der Waals surface area contributed by atoms with E-state index in [-0.39, 0.29) is 5.91 Å². The molecule has 0 aliphatic heterocycles. The molecule has 0 fully saturated rings. The first-order valence-corrected chi connectivity index (χ1v) is 10.8. The van der Waals surface area contributed by atoms with Crippen molar-refractivity contribution in [2.24, 2.45) is 0 Å². The van der Waals surface area contributed by atoms with Crippen LogP contribution in [0.2, 0.25) is 0 Å². The van der Waals surface area contributed by atoms with Crippen LogP contribution in [-0.4, -0.2) is 23.2 Å². The lowest BCUT2D eigenvalue weighted by Gasteiger charge is -2.09. The van der Waals surface area contributed by atoms with Crippen molar-refractivity contribution in [3.05, 3.63) is 109 Å². The first-order chi connectivity index (χ1) is 16.7. The van der Waals surface area contributed by atoms with Crippen LogP contribution in [0.5, 0.6) is 5.75 Å². The average Bonchev–Trinajstić information content (AvgIpc) is 3.40. The van der Waals surface area contributed by atoms with E-state index in [1.54, 1.807) is 7.11 Å². The molecule has 34 heavy (non-hydrogen) atoms. The molecular formula is C28H21N3O3. The number of amides is 1. The summed E-state index contributed by atoms with van der Waals surface area (Å²) in [7, 11) is 1.62. The molecule has 0 saturated carbocycles. The zero-order valence-electron chi connectivity index (χ0n) is 18.4. The fourth-order valence-corrected chi connectivity index (χ4v) is 3.61. The van der Waals surface area contributed by atoms with Gasteiger partial charge in [0.2, 0.25) is 5.82 Å². The van der Waals surface area contributed by atoms with Gasteiger partial charge in [-0.2, -0.15) is 4.98 Å². The summed E-state index contributed by atoms with van der Waals surface area (Å²) in [4.78, 5) is 17.5. The lowest BCUT2D eigenvalue weighted by molar-refractivity contribution is 0.102. The number of benzene rings is 4. The minimum Gasteiger partial charge on any atom is -0.497 e. The molecule has 5 rings (SSSR count). The molecule has 1 N–H and O–H groups in total. The summed E-state index contributed by atoms with van der Waals surface area (Å²) < 4.78 is 10.7. The van der Waals surface area contributed by atoms with Crippen molar-refractivity contribution in [1.82, 2.24) is 10.1 Å². The predicted octanol–water partition coefficient (Wildman–Crippen LogP) is 6.33. The minimum atomic E-state index is -0.220. The van der Waals surface area contributed by atoms with Gasteiger partial charge in [-0.3, -0.25) is 4.79 Å². The molecule has 6 nitrogen and oxygen atoms in total. The molecule has 1 heterocycles. The highest BCUT2D eigenvalue weighted by atomic mass is 16.5. The average molecular weight is 447 g/mol. The highest BCUT2D eigenvalue weighted by Crippen LogP contribution is 2.29. The lowest BCUT2D eigenvalue weighted by atomic mass is 10.0. The van der Waals surface area contributed by atoms with Crippen molar-refractivity contribution in [3.8, 4) is 39.7 Å². The number of nitrogens with zero attached hydrogens (tertiary/aromatic N) is 2. The van der Waals surface area contributed by atoms with Crippen molar-refractivity contribution >= 4 is 11.6 Å². The maximum Gasteiger partial charge on any atom is 0.260 e. The van der Waals surface area contributed by atoms with Crippen molar-refractivity contribution in [3.63, 3.8) is 0 Å². The topological polar surface area (TPSA) is 77.3 Å². The van der Waals surface area contributed by atoms with E-state index in [2.05, 4.69) is 15.5 Å². The van der Waals surface area contributed by atoms with E-state index < -0.39 is 0 Å². The molecule has 6 heteroatoms. The zero-order valence-corrected chi connectivity index (χ0v) is 18.4. The first kappa shape index (κ1) is 21.2. The SMILES string of the molecule is COc1ccc(-c2noc(-c3ccccc3NC(=O)c3ccc(-c4ccccc4)cc3)n2)cc1. The molecule has 0 unspecified atom stereocenters. The Balaban J connectivity index is 1.36. The smallest absolute Gasteiger partial charge is 0.260 e. The van der Waals surface area contributed by atoms with Crippen LogP contribution in [-0.2, 0) is 0 Å². The molecule has 0 radical (unpaired) electrons. The van der Waals surface area contributed by atoms with Crippen molar-refractivity contribution in [1.29, 1.82) is 0 Å². The molecule has 1 amide bonds. The number of hydrogen-bond donors (Lipinski definition) is 1. The van der Waals surface area contributed by atoms with E-state index in [0.29, 0.717) is 28.5 Å².